The fraction of sp³-hybridized carbons (Fsp3) is 0.348. The molecule has 3 rings (SSSR count). The second-order valence-electron chi connectivity index (χ2n) is 7.81. The van der Waals surface area contributed by atoms with Crippen LogP contribution in [0, 0.1) is 11.7 Å². The van der Waals surface area contributed by atoms with Crippen LogP contribution in [0.15, 0.2) is 36.4 Å². The number of hydrogen-bond acceptors (Lipinski definition) is 3. The lowest BCUT2D eigenvalue weighted by atomic mass is 9.76. The average Bonchev–Trinajstić information content (AvgIpc) is 2.79. The second-order valence-corrected chi connectivity index (χ2v) is 7.81. The van der Waals surface area contributed by atoms with Crippen molar-refractivity contribution in [3.05, 3.63) is 64.5 Å². The summed E-state index contributed by atoms with van der Waals surface area (Å²) in [6.45, 7) is -0.250. The Bertz CT molecular complexity index is 1070. The van der Waals surface area contributed by atoms with Crippen molar-refractivity contribution in [2.45, 2.75) is 44.0 Å². The van der Waals surface area contributed by atoms with Gasteiger partial charge in [0.15, 0.2) is 0 Å². The Hall–Kier alpha value is -3.44. The zero-order valence-corrected chi connectivity index (χ0v) is 17.9. The Morgan fingerprint density at radius 2 is 1.51 bits per heavy atom. The number of rotatable bonds is 4. The van der Waals surface area contributed by atoms with Crippen LogP contribution in [0.4, 0.5) is 36.4 Å². The molecule has 2 unspecified atom stereocenters. The predicted octanol–water partition coefficient (Wildman–Crippen LogP) is 6.29. The van der Waals surface area contributed by atoms with E-state index in [-0.39, 0.29) is 30.4 Å². The van der Waals surface area contributed by atoms with E-state index in [2.05, 4.69) is 5.32 Å². The summed E-state index contributed by atoms with van der Waals surface area (Å²) in [5.74, 6) is -2.84. The molecule has 1 saturated carbocycles. The third-order valence-corrected chi connectivity index (χ3v) is 5.58. The average molecular weight is 507 g/mol. The van der Waals surface area contributed by atoms with E-state index in [1.165, 1.54) is 6.07 Å². The molecule has 0 radical (unpaired) electrons. The van der Waals surface area contributed by atoms with Gasteiger partial charge in [-0.05, 0) is 61.1 Å². The Balaban J connectivity index is 0.00000137. The molecule has 0 heterocycles. The molecule has 0 bridgehead atoms. The zero-order chi connectivity index (χ0) is 26.4. The number of carbonyl (C=O) groups is 3. The van der Waals surface area contributed by atoms with E-state index in [1.54, 1.807) is 0 Å². The molecule has 5 nitrogen and oxygen atoms in total. The van der Waals surface area contributed by atoms with Crippen molar-refractivity contribution in [3.8, 4) is 0 Å². The Morgan fingerprint density at radius 3 is 2.06 bits per heavy atom. The fourth-order valence-electron chi connectivity index (χ4n) is 3.96. The maximum Gasteiger partial charge on any atom is 0.416 e. The van der Waals surface area contributed by atoms with Crippen LogP contribution in [-0.2, 0) is 21.9 Å². The van der Waals surface area contributed by atoms with Gasteiger partial charge in [-0.1, -0.05) is 12.5 Å². The molecule has 2 atom stereocenters. The van der Waals surface area contributed by atoms with Crippen LogP contribution >= 0.6 is 0 Å². The molecule has 2 aromatic carbocycles. The molecule has 12 heteroatoms. The van der Waals surface area contributed by atoms with Gasteiger partial charge < -0.3 is 10.4 Å². The van der Waals surface area contributed by atoms with Crippen molar-refractivity contribution in [3.63, 3.8) is 0 Å². The molecule has 1 fully saturated rings. The first-order valence-electron chi connectivity index (χ1n) is 10.2. The van der Waals surface area contributed by atoms with Gasteiger partial charge in [0.2, 0.25) is 5.91 Å². The van der Waals surface area contributed by atoms with E-state index < -0.39 is 46.8 Å². The fourth-order valence-corrected chi connectivity index (χ4v) is 3.96. The van der Waals surface area contributed by atoms with Crippen LogP contribution in [0.2, 0.25) is 0 Å². The van der Waals surface area contributed by atoms with Crippen LogP contribution in [0.1, 0.15) is 58.6 Å². The van der Waals surface area contributed by atoms with E-state index in [4.69, 9.17) is 9.90 Å². The van der Waals surface area contributed by atoms with Crippen LogP contribution in [0.25, 0.3) is 0 Å². The van der Waals surface area contributed by atoms with Gasteiger partial charge in [-0.25, -0.2) is 4.39 Å². The van der Waals surface area contributed by atoms with Gasteiger partial charge >= 0.3 is 12.4 Å². The van der Waals surface area contributed by atoms with Crippen molar-refractivity contribution in [2.24, 2.45) is 5.92 Å². The monoisotopic (exact) mass is 507 g/mol. The number of nitrogens with one attached hydrogen (secondary N) is 1. The van der Waals surface area contributed by atoms with Crippen molar-refractivity contribution >= 4 is 24.4 Å². The van der Waals surface area contributed by atoms with Gasteiger partial charge in [-0.2, -0.15) is 26.3 Å². The molecule has 35 heavy (non-hydrogen) atoms. The van der Waals surface area contributed by atoms with E-state index >= 15 is 0 Å². The second kappa shape index (κ2) is 11.3. The van der Waals surface area contributed by atoms with Crippen molar-refractivity contribution in [1.29, 1.82) is 0 Å². The highest BCUT2D eigenvalue weighted by Crippen LogP contribution is 2.40. The van der Waals surface area contributed by atoms with Crippen LogP contribution in [0.3, 0.4) is 0 Å². The van der Waals surface area contributed by atoms with E-state index in [0.29, 0.717) is 37.2 Å². The highest BCUT2D eigenvalue weighted by molar-refractivity contribution is 5.92. The minimum Gasteiger partial charge on any atom is -0.483 e. The maximum absolute atomic E-state index is 14.0. The van der Waals surface area contributed by atoms with Gasteiger partial charge in [-0.15, -0.1) is 0 Å². The van der Waals surface area contributed by atoms with Gasteiger partial charge in [0, 0.05) is 11.5 Å². The predicted molar refractivity (Wildman–Crippen MR) is 110 cm³/mol. The summed E-state index contributed by atoms with van der Waals surface area (Å²) in [5, 5.41) is 9.18. The summed E-state index contributed by atoms with van der Waals surface area (Å²) in [4.78, 5) is 32.3. The van der Waals surface area contributed by atoms with Crippen molar-refractivity contribution in [1.82, 2.24) is 0 Å². The third-order valence-electron chi connectivity index (χ3n) is 5.58. The molecule has 1 aliphatic carbocycles. The molecule has 0 saturated heterocycles. The first-order chi connectivity index (χ1) is 16.3. The summed E-state index contributed by atoms with van der Waals surface area (Å²) < 4.78 is 90.8. The smallest absolute Gasteiger partial charge is 0.416 e. The lowest BCUT2D eigenvalue weighted by Gasteiger charge is -2.29. The zero-order valence-electron chi connectivity index (χ0n) is 17.9. The molecule has 0 aliphatic heterocycles. The topological polar surface area (TPSA) is 83.5 Å². The largest absolute Gasteiger partial charge is 0.483 e. The number of anilines is 1. The van der Waals surface area contributed by atoms with Gasteiger partial charge in [0.25, 0.3) is 6.47 Å². The molecular formula is C23H20F7NO4. The van der Waals surface area contributed by atoms with Crippen LogP contribution < -0.4 is 5.32 Å². The summed E-state index contributed by atoms with van der Waals surface area (Å²) in [7, 11) is 0. The SMILES string of the molecule is O=CO.O=Cc1cc(C(F)(F)F)ccc1C1CCCC(C(=O)Nc2ccc(C(F)(F)F)cc2F)C1. The number of carbonyl (C=O) groups excluding carboxylic acids is 2. The van der Waals surface area contributed by atoms with E-state index in [9.17, 15) is 40.3 Å². The number of amides is 1. The number of benzene rings is 2. The summed E-state index contributed by atoms with van der Waals surface area (Å²) in [5.41, 5.74) is -2.25. The minimum atomic E-state index is -4.72. The van der Waals surface area contributed by atoms with Crippen molar-refractivity contribution < 1.29 is 50.2 Å². The van der Waals surface area contributed by atoms with E-state index in [1.807, 2.05) is 0 Å². The van der Waals surface area contributed by atoms with Crippen molar-refractivity contribution in [2.75, 3.05) is 5.32 Å². The molecule has 0 spiro atoms. The summed E-state index contributed by atoms with van der Waals surface area (Å²) in [6, 6.07) is 4.65. The number of aldehydes is 1. The standard InChI is InChI=1S/C22H18F7NO2.CH2O2/c23-18-10-16(22(27,28)29)5-7-19(18)30-20(32)13-3-1-2-12(8-13)17-6-4-15(21(24,25)26)9-14(17)11-31;2-1-3/h4-7,9-13H,1-3,8H2,(H,30,32);1H,(H,2,3). The first-order valence-corrected chi connectivity index (χ1v) is 10.2. The van der Waals surface area contributed by atoms with E-state index in [0.717, 1.165) is 18.2 Å². The maximum atomic E-state index is 14.0. The Labute approximate surface area is 194 Å². The minimum absolute atomic E-state index is 0.111. The highest BCUT2D eigenvalue weighted by Gasteiger charge is 2.34. The van der Waals surface area contributed by atoms with Crippen LogP contribution in [0.5, 0.6) is 0 Å². The quantitative estimate of drug-likeness (QED) is 0.377. The number of hydrogen-bond donors (Lipinski definition) is 2. The first kappa shape index (κ1) is 27.8. The number of carboxylic acid groups (broad SMARTS) is 1. The molecule has 1 aliphatic rings. The molecule has 190 valence electrons. The summed E-state index contributed by atoms with van der Waals surface area (Å²) in [6.07, 6.45) is -7.27. The summed E-state index contributed by atoms with van der Waals surface area (Å²) >= 11 is 0. The van der Waals surface area contributed by atoms with Gasteiger partial charge in [0.1, 0.15) is 12.1 Å². The van der Waals surface area contributed by atoms with Gasteiger partial charge in [-0.3, -0.25) is 14.4 Å². The molecule has 2 N–H and O–H groups in total. The molecular weight excluding hydrogens is 487 g/mol. The van der Waals surface area contributed by atoms with Crippen LogP contribution in [-0.4, -0.2) is 23.8 Å². The molecule has 1 amide bonds. The lowest BCUT2D eigenvalue weighted by Crippen LogP contribution is -2.28. The van der Waals surface area contributed by atoms with Gasteiger partial charge in [0.05, 0.1) is 16.8 Å². The molecule has 2 aromatic rings. The normalized spacial score (nSPS) is 18.1. The molecule has 0 aromatic heterocycles. The Kier molecular flexibility index (Phi) is 9.00. The highest BCUT2D eigenvalue weighted by atomic mass is 19.4. The lowest BCUT2D eigenvalue weighted by molar-refractivity contribution is -0.138. The third kappa shape index (κ3) is 7.27. The Morgan fingerprint density at radius 1 is 0.943 bits per heavy atom. The number of halogens is 7. The number of alkyl halides is 6.